The molecule has 2 heterocycles. The molecule has 2 N–H and O–H groups in total. The van der Waals surface area contributed by atoms with Crippen LogP contribution in [0, 0.1) is 5.92 Å². The lowest BCUT2D eigenvalue weighted by molar-refractivity contribution is 0.347. The second-order valence-electron chi connectivity index (χ2n) is 3.79. The summed E-state index contributed by atoms with van der Waals surface area (Å²) in [5, 5.41) is 7.75. The van der Waals surface area contributed by atoms with Crippen molar-refractivity contribution in [2.24, 2.45) is 5.92 Å². The summed E-state index contributed by atoms with van der Waals surface area (Å²) >= 11 is 1.42. The SMILES string of the molecule is CC(Nc1ncns1)C1CCCNC1. The third-order valence-corrected chi connectivity index (χ3v) is 3.35. The van der Waals surface area contributed by atoms with Gasteiger partial charge in [-0.3, -0.25) is 0 Å². The molecule has 78 valence electrons. The van der Waals surface area contributed by atoms with Gasteiger partial charge in [0.1, 0.15) is 6.33 Å². The highest BCUT2D eigenvalue weighted by atomic mass is 32.1. The topological polar surface area (TPSA) is 49.8 Å². The zero-order chi connectivity index (χ0) is 9.80. The van der Waals surface area contributed by atoms with Crippen LogP contribution in [0.5, 0.6) is 0 Å². The van der Waals surface area contributed by atoms with Crippen LogP contribution >= 0.6 is 11.5 Å². The van der Waals surface area contributed by atoms with Crippen LogP contribution < -0.4 is 10.6 Å². The van der Waals surface area contributed by atoms with Crippen LogP contribution in [0.2, 0.25) is 0 Å². The van der Waals surface area contributed by atoms with Gasteiger partial charge >= 0.3 is 0 Å². The molecule has 2 unspecified atom stereocenters. The van der Waals surface area contributed by atoms with Crippen LogP contribution in [-0.4, -0.2) is 28.5 Å². The average molecular weight is 212 g/mol. The van der Waals surface area contributed by atoms with Gasteiger partial charge in [0, 0.05) is 17.6 Å². The van der Waals surface area contributed by atoms with E-state index in [2.05, 4.69) is 26.9 Å². The molecule has 0 spiro atoms. The molecule has 1 fully saturated rings. The van der Waals surface area contributed by atoms with E-state index in [4.69, 9.17) is 0 Å². The zero-order valence-electron chi connectivity index (χ0n) is 8.36. The third kappa shape index (κ3) is 2.42. The zero-order valence-corrected chi connectivity index (χ0v) is 9.18. The highest BCUT2D eigenvalue weighted by molar-refractivity contribution is 7.09. The fraction of sp³-hybridized carbons (Fsp3) is 0.778. The number of aromatic nitrogens is 2. The molecule has 0 saturated carbocycles. The number of hydrogen-bond acceptors (Lipinski definition) is 5. The summed E-state index contributed by atoms with van der Waals surface area (Å²) in [6.07, 6.45) is 4.19. The van der Waals surface area contributed by atoms with Gasteiger partial charge in [-0.15, -0.1) is 0 Å². The van der Waals surface area contributed by atoms with Gasteiger partial charge in [0.25, 0.3) is 0 Å². The van der Waals surface area contributed by atoms with Gasteiger partial charge in [0.2, 0.25) is 5.13 Å². The molecular formula is C9H16N4S. The van der Waals surface area contributed by atoms with Gasteiger partial charge in [0.05, 0.1) is 0 Å². The molecular weight excluding hydrogens is 196 g/mol. The van der Waals surface area contributed by atoms with Gasteiger partial charge in [0.15, 0.2) is 0 Å². The van der Waals surface area contributed by atoms with Crippen LogP contribution in [0.1, 0.15) is 19.8 Å². The van der Waals surface area contributed by atoms with Crippen molar-refractivity contribution in [3.05, 3.63) is 6.33 Å². The lowest BCUT2D eigenvalue weighted by atomic mass is 9.93. The van der Waals surface area contributed by atoms with Crippen LogP contribution in [0.3, 0.4) is 0 Å². The standard InChI is InChI=1S/C9H16N4S/c1-7(8-3-2-4-10-5-8)13-9-11-6-12-14-9/h6-8,10H,2-5H2,1H3,(H,11,12,13). The van der Waals surface area contributed by atoms with Crippen molar-refractivity contribution >= 4 is 16.7 Å². The lowest BCUT2D eigenvalue weighted by Crippen LogP contribution is -2.38. The number of piperidine rings is 1. The fourth-order valence-electron chi connectivity index (χ4n) is 1.85. The summed E-state index contributed by atoms with van der Waals surface area (Å²) in [7, 11) is 0. The van der Waals surface area contributed by atoms with Crippen molar-refractivity contribution in [3.8, 4) is 0 Å². The second-order valence-corrected chi connectivity index (χ2v) is 4.57. The van der Waals surface area contributed by atoms with Gasteiger partial charge in [-0.25, -0.2) is 4.98 Å². The van der Waals surface area contributed by atoms with Crippen molar-refractivity contribution in [2.75, 3.05) is 18.4 Å². The average Bonchev–Trinajstić information content (AvgIpc) is 2.72. The van der Waals surface area contributed by atoms with Gasteiger partial charge < -0.3 is 10.6 Å². The number of nitrogens with zero attached hydrogens (tertiary/aromatic N) is 2. The summed E-state index contributed by atoms with van der Waals surface area (Å²) in [6.45, 7) is 4.51. The molecule has 0 bridgehead atoms. The molecule has 4 nitrogen and oxygen atoms in total. The number of nitrogens with one attached hydrogen (secondary N) is 2. The fourth-order valence-corrected chi connectivity index (χ4v) is 2.38. The Hall–Kier alpha value is -0.680. The van der Waals surface area contributed by atoms with E-state index in [1.54, 1.807) is 6.33 Å². The molecule has 1 aromatic heterocycles. The van der Waals surface area contributed by atoms with Crippen LogP contribution in [0.25, 0.3) is 0 Å². The maximum Gasteiger partial charge on any atom is 0.202 e. The van der Waals surface area contributed by atoms with E-state index < -0.39 is 0 Å². The lowest BCUT2D eigenvalue weighted by Gasteiger charge is -2.28. The summed E-state index contributed by atoms with van der Waals surface area (Å²) in [6, 6.07) is 0.482. The molecule has 1 aliphatic heterocycles. The Labute approximate surface area is 88.3 Å². The molecule has 1 saturated heterocycles. The van der Waals surface area contributed by atoms with Crippen LogP contribution in [-0.2, 0) is 0 Å². The Bertz CT molecular complexity index is 256. The van der Waals surface area contributed by atoms with Gasteiger partial charge in [-0.2, -0.15) is 4.37 Å². The molecule has 0 radical (unpaired) electrons. The van der Waals surface area contributed by atoms with E-state index in [1.165, 1.54) is 30.9 Å². The first-order valence-electron chi connectivity index (χ1n) is 5.10. The minimum atomic E-state index is 0.482. The van der Waals surface area contributed by atoms with Gasteiger partial charge in [-0.05, 0) is 38.8 Å². The van der Waals surface area contributed by atoms with Crippen LogP contribution in [0.15, 0.2) is 6.33 Å². The van der Waals surface area contributed by atoms with E-state index in [-0.39, 0.29) is 0 Å². The van der Waals surface area contributed by atoms with E-state index in [1.807, 2.05) is 0 Å². The summed E-state index contributed by atoms with van der Waals surface area (Å²) in [4.78, 5) is 4.13. The van der Waals surface area contributed by atoms with E-state index in [0.29, 0.717) is 12.0 Å². The number of anilines is 1. The Kier molecular flexibility index (Phi) is 3.31. The minimum absolute atomic E-state index is 0.482. The van der Waals surface area contributed by atoms with Crippen molar-refractivity contribution in [1.29, 1.82) is 0 Å². The van der Waals surface area contributed by atoms with Crippen molar-refractivity contribution in [1.82, 2.24) is 14.7 Å². The molecule has 5 heteroatoms. The number of rotatable bonds is 3. The maximum atomic E-state index is 4.13. The molecule has 0 aliphatic carbocycles. The predicted molar refractivity (Wildman–Crippen MR) is 58.6 cm³/mol. The van der Waals surface area contributed by atoms with E-state index in [0.717, 1.165) is 11.7 Å². The predicted octanol–water partition coefficient (Wildman–Crippen LogP) is 1.34. The Morgan fingerprint density at radius 3 is 3.29 bits per heavy atom. The normalized spacial score (nSPS) is 24.5. The highest BCUT2D eigenvalue weighted by Crippen LogP contribution is 2.18. The minimum Gasteiger partial charge on any atom is -0.358 e. The summed E-state index contributed by atoms with van der Waals surface area (Å²) in [5.74, 6) is 0.715. The second kappa shape index (κ2) is 4.70. The molecule has 1 aromatic rings. The largest absolute Gasteiger partial charge is 0.358 e. The monoisotopic (exact) mass is 212 g/mol. The Morgan fingerprint density at radius 1 is 1.71 bits per heavy atom. The molecule has 0 aromatic carbocycles. The van der Waals surface area contributed by atoms with Gasteiger partial charge in [-0.1, -0.05) is 0 Å². The van der Waals surface area contributed by atoms with E-state index in [9.17, 15) is 0 Å². The first kappa shape index (κ1) is 9.86. The maximum absolute atomic E-state index is 4.13. The molecule has 2 rings (SSSR count). The molecule has 2 atom stereocenters. The molecule has 14 heavy (non-hydrogen) atoms. The first-order valence-corrected chi connectivity index (χ1v) is 5.87. The first-order chi connectivity index (χ1) is 6.86. The Morgan fingerprint density at radius 2 is 2.64 bits per heavy atom. The summed E-state index contributed by atoms with van der Waals surface area (Å²) in [5.41, 5.74) is 0. The van der Waals surface area contributed by atoms with Crippen molar-refractivity contribution in [3.63, 3.8) is 0 Å². The van der Waals surface area contributed by atoms with Crippen molar-refractivity contribution in [2.45, 2.75) is 25.8 Å². The molecule has 1 aliphatic rings. The highest BCUT2D eigenvalue weighted by Gasteiger charge is 2.20. The molecule has 0 amide bonds. The van der Waals surface area contributed by atoms with Crippen molar-refractivity contribution < 1.29 is 0 Å². The number of hydrogen-bond donors (Lipinski definition) is 2. The summed E-state index contributed by atoms with van der Waals surface area (Å²) < 4.78 is 3.97. The smallest absolute Gasteiger partial charge is 0.202 e. The third-order valence-electron chi connectivity index (χ3n) is 2.75. The van der Waals surface area contributed by atoms with Crippen LogP contribution in [0.4, 0.5) is 5.13 Å². The van der Waals surface area contributed by atoms with E-state index >= 15 is 0 Å². The quantitative estimate of drug-likeness (QED) is 0.794. The Balaban J connectivity index is 1.85.